The normalized spacial score (nSPS) is 17.3. The van der Waals surface area contributed by atoms with Gasteiger partial charge in [0, 0.05) is 34.6 Å². The Bertz CT molecular complexity index is 1420. The fourth-order valence-corrected chi connectivity index (χ4v) is 5.27. The van der Waals surface area contributed by atoms with Gasteiger partial charge in [-0.25, -0.2) is 14.4 Å². The third-order valence-electron chi connectivity index (χ3n) is 7.54. The highest BCUT2D eigenvalue weighted by atomic mass is 19.1. The summed E-state index contributed by atoms with van der Waals surface area (Å²) in [6, 6.07) is 8.74. The van der Waals surface area contributed by atoms with Gasteiger partial charge in [-0.1, -0.05) is 0 Å². The zero-order valence-electron chi connectivity index (χ0n) is 21.2. The largest absolute Gasteiger partial charge is 0.493 e. The average molecular weight is 507 g/mol. The first kappa shape index (κ1) is 23.9. The number of aryl methyl sites for hydroxylation is 1. The molecule has 2 aliphatic heterocycles. The number of ether oxygens (including phenoxy) is 4. The van der Waals surface area contributed by atoms with Crippen molar-refractivity contribution in [3.63, 3.8) is 0 Å². The van der Waals surface area contributed by atoms with Crippen LogP contribution >= 0.6 is 0 Å². The predicted molar refractivity (Wildman–Crippen MR) is 138 cm³/mol. The standard InChI is InChI=1S/C28H31FN4O4/c1-18-12-19-21(32-18)4-5-23(26(19)29)37-27-20-13-24(34-2)25(14-22(20)30-17-31-27)36-11-3-8-33-9-6-28(7-10-33)15-35-16-28/h4-5,12-14,17,32H,3,6-11,15-16H2,1-2H3. The van der Waals surface area contributed by atoms with Crippen molar-refractivity contribution < 1.29 is 23.3 Å². The van der Waals surface area contributed by atoms with Gasteiger partial charge in [0.1, 0.15) is 6.33 Å². The molecule has 4 aromatic rings. The third kappa shape index (κ3) is 4.69. The summed E-state index contributed by atoms with van der Waals surface area (Å²) in [7, 11) is 1.59. The van der Waals surface area contributed by atoms with E-state index in [1.165, 1.54) is 19.2 Å². The molecule has 1 N–H and O–H groups in total. The zero-order chi connectivity index (χ0) is 25.4. The van der Waals surface area contributed by atoms with Crippen molar-refractivity contribution in [1.29, 1.82) is 0 Å². The highest BCUT2D eigenvalue weighted by Gasteiger charge is 2.40. The average Bonchev–Trinajstić information content (AvgIpc) is 3.28. The van der Waals surface area contributed by atoms with Gasteiger partial charge in [0.05, 0.1) is 37.8 Å². The fourth-order valence-electron chi connectivity index (χ4n) is 5.27. The summed E-state index contributed by atoms with van der Waals surface area (Å²) in [6.07, 6.45) is 4.77. The number of aromatic amines is 1. The monoisotopic (exact) mass is 506 g/mol. The summed E-state index contributed by atoms with van der Waals surface area (Å²) >= 11 is 0. The lowest BCUT2D eigenvalue weighted by Crippen LogP contribution is -2.51. The van der Waals surface area contributed by atoms with Crippen LogP contribution in [0.15, 0.2) is 36.7 Å². The molecule has 2 aromatic heterocycles. The maximum absolute atomic E-state index is 15.1. The number of H-pyrrole nitrogens is 1. The topological polar surface area (TPSA) is 81.7 Å². The van der Waals surface area contributed by atoms with E-state index in [2.05, 4.69) is 19.9 Å². The summed E-state index contributed by atoms with van der Waals surface area (Å²) in [5, 5.41) is 1.08. The fraction of sp³-hybridized carbons (Fsp3) is 0.429. The highest BCUT2D eigenvalue weighted by Crippen LogP contribution is 2.39. The van der Waals surface area contributed by atoms with E-state index >= 15 is 4.39 Å². The van der Waals surface area contributed by atoms with E-state index in [1.54, 1.807) is 31.4 Å². The van der Waals surface area contributed by atoms with Gasteiger partial charge >= 0.3 is 0 Å². The lowest BCUT2D eigenvalue weighted by molar-refractivity contribution is -0.139. The molecule has 0 unspecified atom stereocenters. The Hall–Kier alpha value is -3.43. The van der Waals surface area contributed by atoms with E-state index in [1.807, 2.05) is 13.0 Å². The van der Waals surface area contributed by atoms with Crippen molar-refractivity contribution >= 4 is 21.8 Å². The molecule has 6 rings (SSSR count). The molecule has 2 fully saturated rings. The van der Waals surface area contributed by atoms with E-state index in [-0.39, 0.29) is 11.6 Å². The Kier molecular flexibility index (Phi) is 6.34. The molecule has 0 radical (unpaired) electrons. The number of fused-ring (bicyclic) bond motifs is 2. The van der Waals surface area contributed by atoms with E-state index in [4.69, 9.17) is 18.9 Å². The number of likely N-dealkylation sites (tertiary alicyclic amines) is 1. The molecular formula is C28H31FN4O4. The number of hydrogen-bond acceptors (Lipinski definition) is 7. The summed E-state index contributed by atoms with van der Waals surface area (Å²) in [5.41, 5.74) is 2.68. The van der Waals surface area contributed by atoms with Gasteiger partial charge < -0.3 is 28.8 Å². The molecule has 0 amide bonds. The molecule has 2 saturated heterocycles. The number of nitrogens with one attached hydrogen (secondary N) is 1. The van der Waals surface area contributed by atoms with Crippen LogP contribution in [0, 0.1) is 18.2 Å². The Morgan fingerprint density at radius 1 is 1.05 bits per heavy atom. The molecule has 37 heavy (non-hydrogen) atoms. The smallest absolute Gasteiger partial charge is 0.230 e. The van der Waals surface area contributed by atoms with Crippen LogP contribution in [0.5, 0.6) is 23.1 Å². The van der Waals surface area contributed by atoms with Gasteiger partial charge in [0.15, 0.2) is 23.1 Å². The van der Waals surface area contributed by atoms with E-state index in [0.29, 0.717) is 39.8 Å². The lowest BCUT2D eigenvalue weighted by atomic mass is 9.77. The van der Waals surface area contributed by atoms with Gasteiger partial charge in [-0.2, -0.15) is 0 Å². The summed E-state index contributed by atoms with van der Waals surface area (Å²) < 4.78 is 38.1. The summed E-state index contributed by atoms with van der Waals surface area (Å²) in [5.74, 6) is 1.07. The minimum Gasteiger partial charge on any atom is -0.493 e. The van der Waals surface area contributed by atoms with Crippen molar-refractivity contribution in [3.8, 4) is 23.1 Å². The van der Waals surface area contributed by atoms with Crippen molar-refractivity contribution in [2.24, 2.45) is 5.41 Å². The third-order valence-corrected chi connectivity index (χ3v) is 7.54. The molecule has 0 aliphatic carbocycles. The van der Waals surface area contributed by atoms with E-state index in [0.717, 1.165) is 50.5 Å². The molecule has 0 saturated carbocycles. The van der Waals surface area contributed by atoms with Crippen molar-refractivity contribution in [1.82, 2.24) is 19.9 Å². The molecule has 2 aromatic carbocycles. The maximum Gasteiger partial charge on any atom is 0.230 e. The molecule has 0 bridgehead atoms. The van der Waals surface area contributed by atoms with Crippen LogP contribution in [-0.2, 0) is 4.74 Å². The Balaban J connectivity index is 1.14. The van der Waals surface area contributed by atoms with Gasteiger partial charge in [0.2, 0.25) is 5.88 Å². The van der Waals surface area contributed by atoms with Crippen LogP contribution in [0.2, 0.25) is 0 Å². The van der Waals surface area contributed by atoms with Crippen LogP contribution in [-0.4, -0.2) is 66.4 Å². The van der Waals surface area contributed by atoms with Gasteiger partial charge in [-0.15, -0.1) is 0 Å². The first-order valence-electron chi connectivity index (χ1n) is 12.7. The Morgan fingerprint density at radius 2 is 1.89 bits per heavy atom. The van der Waals surface area contributed by atoms with Gasteiger partial charge in [-0.05, 0) is 63.5 Å². The minimum absolute atomic E-state index is 0.0965. The van der Waals surface area contributed by atoms with E-state index in [9.17, 15) is 0 Å². The number of piperidine rings is 1. The van der Waals surface area contributed by atoms with Crippen LogP contribution in [0.1, 0.15) is 25.0 Å². The molecule has 194 valence electrons. The van der Waals surface area contributed by atoms with Gasteiger partial charge in [-0.3, -0.25) is 0 Å². The lowest BCUT2D eigenvalue weighted by Gasteiger charge is -2.47. The minimum atomic E-state index is -0.439. The predicted octanol–water partition coefficient (Wildman–Crippen LogP) is 5.24. The summed E-state index contributed by atoms with van der Waals surface area (Å²) in [6.45, 7) is 7.57. The second kappa shape index (κ2) is 9.79. The number of aromatic nitrogens is 3. The van der Waals surface area contributed by atoms with Crippen LogP contribution in [0.4, 0.5) is 4.39 Å². The number of halogens is 1. The van der Waals surface area contributed by atoms with Crippen LogP contribution in [0.3, 0.4) is 0 Å². The molecule has 4 heterocycles. The molecule has 2 aliphatic rings. The quantitative estimate of drug-likeness (QED) is 0.327. The first-order chi connectivity index (χ1) is 18.0. The number of nitrogens with zero attached hydrogens (tertiary/aromatic N) is 3. The van der Waals surface area contributed by atoms with Crippen molar-refractivity contribution in [3.05, 3.63) is 48.2 Å². The second-order valence-corrected chi connectivity index (χ2v) is 10.1. The summed E-state index contributed by atoms with van der Waals surface area (Å²) in [4.78, 5) is 14.3. The van der Waals surface area contributed by atoms with Gasteiger partial charge in [0.25, 0.3) is 0 Å². The zero-order valence-corrected chi connectivity index (χ0v) is 21.2. The number of rotatable bonds is 8. The Morgan fingerprint density at radius 3 is 2.65 bits per heavy atom. The molecule has 1 spiro atoms. The molecular weight excluding hydrogens is 475 g/mol. The molecule has 9 heteroatoms. The Labute approximate surface area is 214 Å². The second-order valence-electron chi connectivity index (χ2n) is 10.1. The number of methoxy groups -OCH3 is 1. The van der Waals surface area contributed by atoms with Crippen LogP contribution in [0.25, 0.3) is 21.8 Å². The maximum atomic E-state index is 15.1. The number of hydrogen-bond donors (Lipinski definition) is 1. The molecule has 8 nitrogen and oxygen atoms in total. The number of benzene rings is 2. The highest BCUT2D eigenvalue weighted by molar-refractivity contribution is 5.87. The first-order valence-corrected chi connectivity index (χ1v) is 12.7. The van der Waals surface area contributed by atoms with Crippen molar-refractivity contribution in [2.45, 2.75) is 26.2 Å². The van der Waals surface area contributed by atoms with Crippen molar-refractivity contribution in [2.75, 3.05) is 46.6 Å². The van der Waals surface area contributed by atoms with Crippen LogP contribution < -0.4 is 14.2 Å². The van der Waals surface area contributed by atoms with E-state index < -0.39 is 5.82 Å². The SMILES string of the molecule is COc1cc2c(Oc3ccc4[nH]c(C)cc4c3F)ncnc2cc1OCCCN1CCC2(CC1)COC2. The molecule has 0 atom stereocenters.